The summed E-state index contributed by atoms with van der Waals surface area (Å²) in [5, 5.41) is 3.25. The summed E-state index contributed by atoms with van der Waals surface area (Å²) in [4.78, 5) is 2.74. The standard InChI is InChI=1S/C18H28N2/c1-19-12-15-9-10-16-13-20(14-17(16)11-15)18-7-5-3-2-4-6-8-18/h9-11,18-19H,2-8,12-14H2,1H3. The third kappa shape index (κ3) is 3.24. The first-order valence-electron chi connectivity index (χ1n) is 8.36. The average molecular weight is 272 g/mol. The van der Waals surface area contributed by atoms with E-state index >= 15 is 0 Å². The summed E-state index contributed by atoms with van der Waals surface area (Å²) in [6, 6.07) is 7.88. The molecule has 2 heteroatoms. The molecular formula is C18H28N2. The van der Waals surface area contributed by atoms with Crippen molar-refractivity contribution >= 4 is 0 Å². The van der Waals surface area contributed by atoms with Gasteiger partial charge in [-0.25, -0.2) is 0 Å². The van der Waals surface area contributed by atoms with Gasteiger partial charge in [0, 0.05) is 25.7 Å². The van der Waals surface area contributed by atoms with Crippen molar-refractivity contribution < 1.29 is 0 Å². The van der Waals surface area contributed by atoms with Gasteiger partial charge < -0.3 is 5.32 Å². The molecule has 0 unspecified atom stereocenters. The van der Waals surface area contributed by atoms with Gasteiger partial charge in [0.05, 0.1) is 0 Å². The Balaban J connectivity index is 1.66. The van der Waals surface area contributed by atoms with E-state index in [9.17, 15) is 0 Å². The van der Waals surface area contributed by atoms with Crippen molar-refractivity contribution in [2.75, 3.05) is 7.05 Å². The van der Waals surface area contributed by atoms with Gasteiger partial charge in [0.15, 0.2) is 0 Å². The first-order chi connectivity index (χ1) is 9.86. The van der Waals surface area contributed by atoms with Gasteiger partial charge in [-0.2, -0.15) is 0 Å². The summed E-state index contributed by atoms with van der Waals surface area (Å²) in [5.74, 6) is 0. The molecule has 0 saturated heterocycles. The third-order valence-corrected chi connectivity index (χ3v) is 4.99. The number of benzene rings is 1. The van der Waals surface area contributed by atoms with Crippen molar-refractivity contribution in [1.82, 2.24) is 10.2 Å². The zero-order valence-electron chi connectivity index (χ0n) is 12.8. The monoisotopic (exact) mass is 272 g/mol. The van der Waals surface area contributed by atoms with Gasteiger partial charge in [-0.1, -0.05) is 50.3 Å². The van der Waals surface area contributed by atoms with E-state index < -0.39 is 0 Å². The zero-order chi connectivity index (χ0) is 13.8. The average Bonchev–Trinajstić information content (AvgIpc) is 2.81. The van der Waals surface area contributed by atoms with E-state index in [0.717, 1.165) is 12.6 Å². The molecule has 1 aliphatic carbocycles. The summed E-state index contributed by atoms with van der Waals surface area (Å²) < 4.78 is 0. The van der Waals surface area contributed by atoms with Crippen LogP contribution in [-0.2, 0) is 19.6 Å². The second-order valence-corrected chi connectivity index (χ2v) is 6.54. The minimum Gasteiger partial charge on any atom is -0.316 e. The molecular weight excluding hydrogens is 244 g/mol. The van der Waals surface area contributed by atoms with Crippen molar-refractivity contribution in [3.8, 4) is 0 Å². The van der Waals surface area contributed by atoms with Gasteiger partial charge >= 0.3 is 0 Å². The maximum atomic E-state index is 3.25. The summed E-state index contributed by atoms with van der Waals surface area (Å²) in [7, 11) is 2.02. The Bertz CT molecular complexity index is 433. The molecule has 0 atom stereocenters. The van der Waals surface area contributed by atoms with E-state index in [0.29, 0.717) is 0 Å². The molecule has 2 nitrogen and oxygen atoms in total. The normalized spacial score (nSPS) is 21.4. The van der Waals surface area contributed by atoms with Crippen LogP contribution < -0.4 is 5.32 Å². The van der Waals surface area contributed by atoms with Gasteiger partial charge in [-0.3, -0.25) is 4.90 Å². The van der Waals surface area contributed by atoms with Gasteiger partial charge in [0.2, 0.25) is 0 Å². The van der Waals surface area contributed by atoms with Crippen molar-refractivity contribution in [2.45, 2.75) is 70.6 Å². The Morgan fingerprint density at radius 3 is 2.45 bits per heavy atom. The molecule has 0 aromatic heterocycles. The molecule has 1 N–H and O–H groups in total. The number of hydrogen-bond donors (Lipinski definition) is 1. The van der Waals surface area contributed by atoms with E-state index in [-0.39, 0.29) is 0 Å². The van der Waals surface area contributed by atoms with Crippen molar-refractivity contribution in [2.24, 2.45) is 0 Å². The Morgan fingerprint density at radius 1 is 1.00 bits per heavy atom. The number of nitrogens with zero attached hydrogens (tertiary/aromatic N) is 1. The van der Waals surface area contributed by atoms with Crippen LogP contribution in [0.3, 0.4) is 0 Å². The van der Waals surface area contributed by atoms with Crippen LogP contribution in [0, 0.1) is 0 Å². The maximum Gasteiger partial charge on any atom is 0.0243 e. The second kappa shape index (κ2) is 6.73. The molecule has 2 aliphatic rings. The fraction of sp³-hybridized carbons (Fsp3) is 0.667. The van der Waals surface area contributed by atoms with E-state index in [4.69, 9.17) is 0 Å². The number of fused-ring (bicyclic) bond motifs is 1. The van der Waals surface area contributed by atoms with Crippen LogP contribution in [0.4, 0.5) is 0 Å². The Morgan fingerprint density at radius 2 is 1.70 bits per heavy atom. The van der Waals surface area contributed by atoms with Crippen LogP contribution in [-0.4, -0.2) is 18.0 Å². The zero-order valence-corrected chi connectivity index (χ0v) is 12.8. The summed E-state index contributed by atoms with van der Waals surface area (Å²) in [5.41, 5.74) is 4.55. The lowest BCUT2D eigenvalue weighted by Gasteiger charge is -2.29. The van der Waals surface area contributed by atoms with Crippen molar-refractivity contribution in [3.63, 3.8) is 0 Å². The molecule has 1 aliphatic heterocycles. The van der Waals surface area contributed by atoms with Crippen LogP contribution in [0.5, 0.6) is 0 Å². The Kier molecular flexibility index (Phi) is 4.74. The molecule has 3 rings (SSSR count). The van der Waals surface area contributed by atoms with E-state index in [2.05, 4.69) is 28.4 Å². The molecule has 1 aromatic carbocycles. The minimum absolute atomic E-state index is 0.829. The van der Waals surface area contributed by atoms with Crippen LogP contribution in [0.1, 0.15) is 61.6 Å². The highest BCUT2D eigenvalue weighted by atomic mass is 15.2. The van der Waals surface area contributed by atoms with Crippen molar-refractivity contribution in [3.05, 3.63) is 34.9 Å². The lowest BCUT2D eigenvalue weighted by atomic mass is 9.96. The SMILES string of the molecule is CNCc1ccc2c(c1)CN(C1CCCCCCC1)C2. The molecule has 1 saturated carbocycles. The molecule has 1 heterocycles. The summed E-state index contributed by atoms with van der Waals surface area (Å²) >= 11 is 0. The van der Waals surface area contributed by atoms with Crippen LogP contribution in [0.2, 0.25) is 0 Å². The first kappa shape index (κ1) is 14.1. The van der Waals surface area contributed by atoms with Crippen molar-refractivity contribution in [1.29, 1.82) is 0 Å². The van der Waals surface area contributed by atoms with Crippen LogP contribution in [0.25, 0.3) is 0 Å². The number of nitrogens with one attached hydrogen (secondary N) is 1. The van der Waals surface area contributed by atoms with Gasteiger partial charge in [0.25, 0.3) is 0 Å². The van der Waals surface area contributed by atoms with E-state index in [1.807, 2.05) is 7.05 Å². The Labute approximate surface area is 123 Å². The Hall–Kier alpha value is -0.860. The molecule has 0 amide bonds. The predicted octanol–water partition coefficient (Wildman–Crippen LogP) is 3.83. The summed E-state index contributed by atoms with van der Waals surface area (Å²) in [6.45, 7) is 3.34. The highest BCUT2D eigenvalue weighted by molar-refractivity contribution is 5.35. The third-order valence-electron chi connectivity index (χ3n) is 4.99. The molecule has 0 spiro atoms. The van der Waals surface area contributed by atoms with E-state index in [1.165, 1.54) is 63.6 Å². The van der Waals surface area contributed by atoms with Gasteiger partial charge in [0.1, 0.15) is 0 Å². The van der Waals surface area contributed by atoms with Gasteiger partial charge in [-0.05, 0) is 36.6 Å². The quantitative estimate of drug-likeness (QED) is 0.899. The van der Waals surface area contributed by atoms with Crippen LogP contribution in [0.15, 0.2) is 18.2 Å². The van der Waals surface area contributed by atoms with Crippen LogP contribution >= 0.6 is 0 Å². The number of rotatable bonds is 3. The van der Waals surface area contributed by atoms with Gasteiger partial charge in [-0.15, -0.1) is 0 Å². The fourth-order valence-corrected chi connectivity index (χ4v) is 3.85. The lowest BCUT2D eigenvalue weighted by molar-refractivity contribution is 0.166. The molecule has 0 bridgehead atoms. The summed E-state index contributed by atoms with van der Waals surface area (Å²) in [6.07, 6.45) is 10.0. The lowest BCUT2D eigenvalue weighted by Crippen LogP contribution is -2.31. The minimum atomic E-state index is 0.829. The molecule has 0 radical (unpaired) electrons. The second-order valence-electron chi connectivity index (χ2n) is 6.54. The first-order valence-corrected chi connectivity index (χ1v) is 8.36. The largest absolute Gasteiger partial charge is 0.316 e. The molecule has 1 aromatic rings. The highest BCUT2D eigenvalue weighted by Crippen LogP contribution is 2.30. The number of hydrogen-bond acceptors (Lipinski definition) is 2. The van der Waals surface area contributed by atoms with E-state index in [1.54, 1.807) is 11.1 Å². The molecule has 110 valence electrons. The molecule has 1 fully saturated rings. The topological polar surface area (TPSA) is 15.3 Å². The maximum absolute atomic E-state index is 3.25. The molecule has 20 heavy (non-hydrogen) atoms. The highest BCUT2D eigenvalue weighted by Gasteiger charge is 2.25. The fourth-order valence-electron chi connectivity index (χ4n) is 3.85. The smallest absolute Gasteiger partial charge is 0.0243 e. The predicted molar refractivity (Wildman–Crippen MR) is 84.6 cm³/mol.